The number of anilines is 1. The Labute approximate surface area is 135 Å². The third-order valence-corrected chi connectivity index (χ3v) is 4.42. The third-order valence-electron chi connectivity index (χ3n) is 4.42. The highest BCUT2D eigenvalue weighted by atomic mass is 16.6. The van der Waals surface area contributed by atoms with Gasteiger partial charge in [0.05, 0.1) is 17.7 Å². The van der Waals surface area contributed by atoms with Gasteiger partial charge in [-0.05, 0) is 6.92 Å². The van der Waals surface area contributed by atoms with Gasteiger partial charge in [-0.25, -0.2) is 9.97 Å². The number of fused-ring (bicyclic) bond motifs is 1. The van der Waals surface area contributed by atoms with Gasteiger partial charge in [0.15, 0.2) is 11.9 Å². The molecule has 11 heteroatoms. The van der Waals surface area contributed by atoms with E-state index in [9.17, 15) is 20.3 Å². The van der Waals surface area contributed by atoms with Crippen molar-refractivity contribution in [1.29, 1.82) is 0 Å². The van der Waals surface area contributed by atoms with E-state index >= 15 is 0 Å². The lowest BCUT2D eigenvalue weighted by molar-refractivity contribution is -0.383. The van der Waals surface area contributed by atoms with E-state index in [2.05, 4.69) is 9.97 Å². The van der Waals surface area contributed by atoms with Gasteiger partial charge >= 0.3 is 0 Å². The van der Waals surface area contributed by atoms with E-state index in [-0.39, 0.29) is 22.5 Å². The summed E-state index contributed by atoms with van der Waals surface area (Å²) in [6.07, 6.45) is -0.620. The molecule has 0 aromatic carbocycles. The molecule has 4 N–H and O–H groups in total. The second-order valence-electron chi connectivity index (χ2n) is 5.68. The van der Waals surface area contributed by atoms with Crippen LogP contribution in [-0.4, -0.2) is 61.2 Å². The van der Waals surface area contributed by atoms with Crippen molar-refractivity contribution < 1.29 is 24.6 Å². The van der Waals surface area contributed by atoms with Crippen LogP contribution in [0.25, 0.3) is 11.0 Å². The molecule has 0 saturated carbocycles. The monoisotopic (exact) mass is 339 g/mol. The van der Waals surface area contributed by atoms with Crippen LogP contribution in [0.4, 0.5) is 11.5 Å². The minimum absolute atomic E-state index is 0.0400. The predicted molar refractivity (Wildman–Crippen MR) is 81.0 cm³/mol. The second kappa shape index (κ2) is 5.63. The number of hydrogen-bond acceptors (Lipinski definition) is 9. The largest absolute Gasteiger partial charge is 0.394 e. The number of methoxy groups -OCH3 is 1. The van der Waals surface area contributed by atoms with E-state index in [0.717, 1.165) is 0 Å². The molecule has 4 atom stereocenters. The van der Waals surface area contributed by atoms with E-state index in [4.69, 9.17) is 15.2 Å². The highest BCUT2D eigenvalue weighted by Crippen LogP contribution is 2.43. The summed E-state index contributed by atoms with van der Waals surface area (Å²) in [6.45, 7) is 1.15. The lowest BCUT2D eigenvalue weighted by Crippen LogP contribution is -2.46. The molecule has 3 rings (SSSR count). The second-order valence-corrected chi connectivity index (χ2v) is 5.68. The van der Waals surface area contributed by atoms with Gasteiger partial charge in [0, 0.05) is 7.11 Å². The molecule has 2 aromatic rings. The first-order chi connectivity index (χ1) is 11.3. The molecule has 11 nitrogen and oxygen atoms in total. The maximum Gasteiger partial charge on any atom is 0.300 e. The number of nitrogens with zero attached hydrogens (tertiary/aromatic N) is 4. The number of aliphatic hydroxyl groups is 2. The van der Waals surface area contributed by atoms with Crippen molar-refractivity contribution in [1.82, 2.24) is 14.5 Å². The zero-order chi connectivity index (χ0) is 17.6. The molecular formula is C13H17N5O6. The van der Waals surface area contributed by atoms with Crippen LogP contribution in [0, 0.1) is 10.1 Å². The van der Waals surface area contributed by atoms with Gasteiger partial charge in [0.2, 0.25) is 0 Å². The van der Waals surface area contributed by atoms with Crippen LogP contribution in [0.15, 0.2) is 12.5 Å². The standard InChI is InChI=1S/C13H17N5O6/c1-13(23-2)9(20)7(4-19)24-12(13)17-3-6(18(21)22)8-10(14)15-5-16-11(8)17/h3,5,7,9,12,19-20H,4H2,1-2H3,(H2,14,15,16)/t7-,9-,12-,13-/m1/s1. The summed E-state index contributed by atoms with van der Waals surface area (Å²) >= 11 is 0. The summed E-state index contributed by atoms with van der Waals surface area (Å²) in [5.74, 6) is -0.0400. The molecule has 0 spiro atoms. The molecule has 0 radical (unpaired) electrons. The van der Waals surface area contributed by atoms with Crippen molar-refractivity contribution in [3.8, 4) is 0 Å². The summed E-state index contributed by atoms with van der Waals surface area (Å²) in [7, 11) is 1.38. The highest BCUT2D eigenvalue weighted by Gasteiger charge is 2.55. The first kappa shape index (κ1) is 16.5. The topological polar surface area (TPSA) is 159 Å². The number of aromatic nitrogens is 3. The zero-order valence-corrected chi connectivity index (χ0v) is 13.0. The Bertz CT molecular complexity index is 794. The Morgan fingerprint density at radius 1 is 1.58 bits per heavy atom. The van der Waals surface area contributed by atoms with Crippen LogP contribution in [0.3, 0.4) is 0 Å². The van der Waals surface area contributed by atoms with Gasteiger partial charge in [0.1, 0.15) is 35.3 Å². The van der Waals surface area contributed by atoms with Crippen LogP contribution in [0.2, 0.25) is 0 Å². The van der Waals surface area contributed by atoms with Crippen LogP contribution >= 0.6 is 0 Å². The van der Waals surface area contributed by atoms with Crippen molar-refractivity contribution in [3.05, 3.63) is 22.6 Å². The summed E-state index contributed by atoms with van der Waals surface area (Å²) in [5.41, 5.74) is 4.39. The Morgan fingerprint density at radius 3 is 2.88 bits per heavy atom. The molecular weight excluding hydrogens is 322 g/mol. The summed E-state index contributed by atoms with van der Waals surface area (Å²) in [6, 6.07) is 0. The van der Waals surface area contributed by atoms with Crippen LogP contribution < -0.4 is 5.73 Å². The Hall–Kier alpha value is -2.34. The average molecular weight is 339 g/mol. The molecule has 0 amide bonds. The number of nitro groups is 1. The van der Waals surface area contributed by atoms with Gasteiger partial charge < -0.3 is 25.4 Å². The van der Waals surface area contributed by atoms with Crippen molar-refractivity contribution >= 4 is 22.5 Å². The van der Waals surface area contributed by atoms with Gasteiger partial charge in [-0.1, -0.05) is 0 Å². The number of ether oxygens (including phenoxy) is 2. The third kappa shape index (κ3) is 2.13. The van der Waals surface area contributed by atoms with Gasteiger partial charge in [-0.2, -0.15) is 0 Å². The average Bonchev–Trinajstić information content (AvgIpc) is 3.06. The van der Waals surface area contributed by atoms with E-state index in [1.165, 1.54) is 24.2 Å². The molecule has 0 bridgehead atoms. The molecule has 0 aliphatic carbocycles. The minimum atomic E-state index is -1.26. The van der Waals surface area contributed by atoms with Gasteiger partial charge in [0.25, 0.3) is 5.69 Å². The molecule has 130 valence electrons. The molecule has 1 aliphatic heterocycles. The normalized spacial score (nSPS) is 30.1. The van der Waals surface area contributed by atoms with Gasteiger partial charge in [-0.15, -0.1) is 0 Å². The Kier molecular flexibility index (Phi) is 3.87. The molecule has 1 aliphatic rings. The van der Waals surface area contributed by atoms with Gasteiger partial charge in [-0.3, -0.25) is 14.7 Å². The summed E-state index contributed by atoms with van der Waals surface area (Å²) in [5, 5.41) is 31.1. The van der Waals surface area contributed by atoms with Crippen molar-refractivity contribution in [2.24, 2.45) is 0 Å². The lowest BCUT2D eigenvalue weighted by atomic mass is 9.96. The molecule has 1 saturated heterocycles. The number of nitrogens with two attached hydrogens (primary N) is 1. The van der Waals surface area contributed by atoms with E-state index < -0.39 is 35.6 Å². The fourth-order valence-electron chi connectivity index (χ4n) is 3.00. The van der Waals surface area contributed by atoms with Crippen LogP contribution in [0.1, 0.15) is 13.2 Å². The van der Waals surface area contributed by atoms with Crippen molar-refractivity contribution in [2.75, 3.05) is 19.5 Å². The first-order valence-corrected chi connectivity index (χ1v) is 7.10. The van der Waals surface area contributed by atoms with E-state index in [0.29, 0.717) is 0 Å². The maximum absolute atomic E-state index is 11.3. The number of hydrogen-bond donors (Lipinski definition) is 3. The van der Waals surface area contributed by atoms with Crippen LogP contribution in [-0.2, 0) is 9.47 Å². The fourth-order valence-corrected chi connectivity index (χ4v) is 3.00. The summed E-state index contributed by atoms with van der Waals surface area (Å²) < 4.78 is 12.4. The van der Waals surface area contributed by atoms with E-state index in [1.54, 1.807) is 6.92 Å². The van der Waals surface area contributed by atoms with Crippen LogP contribution in [0.5, 0.6) is 0 Å². The lowest BCUT2D eigenvalue weighted by Gasteiger charge is -2.31. The Balaban J connectivity index is 2.23. The number of rotatable bonds is 4. The highest BCUT2D eigenvalue weighted by molar-refractivity contribution is 5.95. The molecule has 1 fully saturated rings. The molecule has 0 unspecified atom stereocenters. The number of aliphatic hydroxyl groups excluding tert-OH is 2. The molecule has 24 heavy (non-hydrogen) atoms. The summed E-state index contributed by atoms with van der Waals surface area (Å²) in [4.78, 5) is 18.6. The molecule has 2 aromatic heterocycles. The maximum atomic E-state index is 11.3. The molecule has 3 heterocycles. The fraction of sp³-hybridized carbons (Fsp3) is 0.538. The van der Waals surface area contributed by atoms with Crippen molar-refractivity contribution in [2.45, 2.75) is 31.0 Å². The zero-order valence-electron chi connectivity index (χ0n) is 13.0. The van der Waals surface area contributed by atoms with E-state index in [1.807, 2.05) is 0 Å². The number of nitrogen functional groups attached to an aromatic ring is 1. The van der Waals surface area contributed by atoms with Crippen molar-refractivity contribution in [3.63, 3.8) is 0 Å². The first-order valence-electron chi connectivity index (χ1n) is 7.10. The minimum Gasteiger partial charge on any atom is -0.394 e. The predicted octanol–water partition coefficient (Wildman–Crippen LogP) is -0.423. The quantitative estimate of drug-likeness (QED) is 0.496. The SMILES string of the molecule is CO[C@]1(C)[C@H](O)[C@@H](CO)O[C@H]1n1cc([N+](=O)[O-])c2c(N)ncnc21. The Morgan fingerprint density at radius 2 is 2.29 bits per heavy atom. The smallest absolute Gasteiger partial charge is 0.300 e.